The molecule has 3 nitrogen and oxygen atoms in total. The third-order valence-corrected chi connectivity index (χ3v) is 7.71. The van der Waals surface area contributed by atoms with Crippen molar-refractivity contribution in [3.63, 3.8) is 0 Å². The topological polar surface area (TPSA) is 60.7 Å². The summed E-state index contributed by atoms with van der Waals surface area (Å²) < 4.78 is 0. The normalized spacial score (nSPS) is 50.4. The fraction of sp³-hybridized carbons (Fsp3) is 0.900. The molecule has 0 spiro atoms. The molecule has 7 unspecified atom stereocenters. The molecular formula is C20H34O3. The maximum absolute atomic E-state index is 11.3. The lowest BCUT2D eigenvalue weighted by Gasteiger charge is -2.59. The molecule has 0 radical (unpaired) electrons. The van der Waals surface area contributed by atoms with Gasteiger partial charge in [0.25, 0.3) is 0 Å². The molecular weight excluding hydrogens is 288 g/mol. The van der Waals surface area contributed by atoms with E-state index in [4.69, 9.17) is 0 Å². The summed E-state index contributed by atoms with van der Waals surface area (Å²) in [5, 5.41) is 31.8. The minimum atomic E-state index is -0.582. The van der Waals surface area contributed by atoms with Gasteiger partial charge in [-0.25, -0.2) is 0 Å². The molecule has 0 aromatic heterocycles. The number of hydrogen-bond acceptors (Lipinski definition) is 3. The Morgan fingerprint density at radius 3 is 2.57 bits per heavy atom. The Kier molecular flexibility index (Phi) is 4.23. The van der Waals surface area contributed by atoms with Crippen molar-refractivity contribution in [2.75, 3.05) is 0 Å². The SMILES string of the molecule is C=C(C)C(O)CCC1(C)CC2C1CCC1(C)CC2(O)CCC1O. The van der Waals surface area contributed by atoms with Crippen molar-refractivity contribution < 1.29 is 15.3 Å². The van der Waals surface area contributed by atoms with Crippen LogP contribution < -0.4 is 0 Å². The minimum absolute atomic E-state index is 0.123. The van der Waals surface area contributed by atoms with Crippen molar-refractivity contribution in [1.29, 1.82) is 0 Å². The van der Waals surface area contributed by atoms with Gasteiger partial charge in [-0.1, -0.05) is 26.0 Å². The molecule has 132 valence electrons. The van der Waals surface area contributed by atoms with Crippen LogP contribution in [-0.2, 0) is 0 Å². The first-order chi connectivity index (χ1) is 10.6. The first kappa shape index (κ1) is 17.4. The number of aliphatic hydroxyl groups excluding tert-OH is 2. The summed E-state index contributed by atoms with van der Waals surface area (Å²) in [4.78, 5) is 0. The second kappa shape index (κ2) is 5.57. The van der Waals surface area contributed by atoms with Crippen LogP contribution in [-0.4, -0.2) is 33.1 Å². The molecule has 0 heterocycles. The third-order valence-electron chi connectivity index (χ3n) is 7.71. The zero-order valence-electron chi connectivity index (χ0n) is 15.0. The number of hydrogen-bond donors (Lipinski definition) is 3. The summed E-state index contributed by atoms with van der Waals surface area (Å²) in [6.07, 6.45) is 6.50. The van der Waals surface area contributed by atoms with Gasteiger partial charge in [-0.15, -0.1) is 0 Å². The van der Waals surface area contributed by atoms with Crippen LogP contribution in [0.1, 0.15) is 72.1 Å². The van der Waals surface area contributed by atoms with Gasteiger partial charge >= 0.3 is 0 Å². The first-order valence-electron chi connectivity index (χ1n) is 9.34. The molecule has 3 aliphatic carbocycles. The quantitative estimate of drug-likeness (QED) is 0.695. The van der Waals surface area contributed by atoms with Gasteiger partial charge in [0.15, 0.2) is 0 Å². The molecule has 23 heavy (non-hydrogen) atoms. The van der Waals surface area contributed by atoms with Crippen LogP contribution in [0.2, 0.25) is 0 Å². The van der Waals surface area contributed by atoms with Gasteiger partial charge in [0, 0.05) is 0 Å². The Balaban J connectivity index is 1.73. The van der Waals surface area contributed by atoms with Crippen molar-refractivity contribution in [3.8, 4) is 0 Å². The summed E-state index contributed by atoms with van der Waals surface area (Å²) in [5.74, 6) is 0.903. The van der Waals surface area contributed by atoms with Gasteiger partial charge in [-0.3, -0.25) is 0 Å². The maximum atomic E-state index is 11.3. The van der Waals surface area contributed by atoms with E-state index in [1.54, 1.807) is 0 Å². The van der Waals surface area contributed by atoms with E-state index in [1.165, 1.54) is 0 Å². The largest absolute Gasteiger partial charge is 0.393 e. The molecule has 3 rings (SSSR count). The maximum Gasteiger partial charge on any atom is 0.0745 e. The lowest BCUT2D eigenvalue weighted by Crippen LogP contribution is -2.58. The summed E-state index contributed by atoms with van der Waals surface area (Å²) in [7, 11) is 0. The Hall–Kier alpha value is -0.380. The fourth-order valence-corrected chi connectivity index (χ4v) is 5.93. The van der Waals surface area contributed by atoms with Crippen LogP contribution in [0.4, 0.5) is 0 Å². The van der Waals surface area contributed by atoms with Crippen molar-refractivity contribution in [1.82, 2.24) is 0 Å². The third kappa shape index (κ3) is 2.79. The molecule has 0 aliphatic heterocycles. The Morgan fingerprint density at radius 1 is 1.22 bits per heavy atom. The standard InChI is InChI=1S/C20H34O3/c1-13(2)16(21)6-9-18(3)11-15-14(18)5-8-19(4)12-20(15,23)10-7-17(19)22/h14-17,21-23H,1,5-12H2,2-4H3. The highest BCUT2D eigenvalue weighted by atomic mass is 16.3. The molecule has 3 heteroatoms. The van der Waals surface area contributed by atoms with Crippen molar-refractivity contribution >= 4 is 0 Å². The van der Waals surface area contributed by atoms with Gasteiger partial charge in [-0.05, 0) is 81.0 Å². The van der Waals surface area contributed by atoms with Gasteiger partial charge < -0.3 is 15.3 Å². The molecule has 7 atom stereocenters. The Morgan fingerprint density at radius 2 is 1.91 bits per heavy atom. The van der Waals surface area contributed by atoms with E-state index in [-0.39, 0.29) is 16.9 Å². The van der Waals surface area contributed by atoms with E-state index in [1.807, 2.05) is 6.92 Å². The molecule has 2 bridgehead atoms. The number of rotatable bonds is 4. The van der Waals surface area contributed by atoms with Crippen molar-refractivity contribution in [3.05, 3.63) is 12.2 Å². The van der Waals surface area contributed by atoms with Crippen LogP contribution in [0, 0.1) is 22.7 Å². The van der Waals surface area contributed by atoms with Gasteiger partial charge in [-0.2, -0.15) is 0 Å². The highest BCUT2D eigenvalue weighted by Crippen LogP contribution is 2.66. The van der Waals surface area contributed by atoms with Crippen LogP contribution in [0.25, 0.3) is 0 Å². The molecule has 0 aromatic rings. The Bertz CT molecular complexity index is 489. The minimum Gasteiger partial charge on any atom is -0.393 e. The average Bonchev–Trinajstić information content (AvgIpc) is 2.53. The number of fused-ring (bicyclic) bond motifs is 4. The fourth-order valence-electron chi connectivity index (χ4n) is 5.93. The molecule has 0 saturated heterocycles. The van der Waals surface area contributed by atoms with E-state index >= 15 is 0 Å². The highest BCUT2D eigenvalue weighted by Gasteiger charge is 2.62. The van der Waals surface area contributed by atoms with Crippen LogP contribution in [0.15, 0.2) is 12.2 Å². The summed E-state index contributed by atoms with van der Waals surface area (Å²) in [6.45, 7) is 10.2. The van der Waals surface area contributed by atoms with E-state index in [2.05, 4.69) is 20.4 Å². The lowest BCUT2D eigenvalue weighted by molar-refractivity contribution is -0.183. The zero-order chi connectivity index (χ0) is 17.0. The highest BCUT2D eigenvalue weighted by molar-refractivity contribution is 5.13. The van der Waals surface area contributed by atoms with E-state index in [0.717, 1.165) is 56.9 Å². The lowest BCUT2D eigenvalue weighted by atomic mass is 9.47. The molecule has 0 amide bonds. The van der Waals surface area contributed by atoms with Crippen LogP contribution in [0.5, 0.6) is 0 Å². The van der Waals surface area contributed by atoms with E-state index in [0.29, 0.717) is 11.8 Å². The predicted molar refractivity (Wildman–Crippen MR) is 91.9 cm³/mol. The Labute approximate surface area is 140 Å². The first-order valence-corrected chi connectivity index (χ1v) is 9.34. The summed E-state index contributed by atoms with van der Waals surface area (Å²) >= 11 is 0. The zero-order valence-corrected chi connectivity index (χ0v) is 15.0. The second-order valence-corrected chi connectivity index (χ2v) is 9.50. The van der Waals surface area contributed by atoms with Crippen LogP contribution >= 0.6 is 0 Å². The van der Waals surface area contributed by atoms with E-state index in [9.17, 15) is 15.3 Å². The molecule has 0 aromatic carbocycles. The van der Waals surface area contributed by atoms with Crippen molar-refractivity contribution in [2.24, 2.45) is 22.7 Å². The number of aliphatic hydroxyl groups is 3. The van der Waals surface area contributed by atoms with Gasteiger partial charge in [0.1, 0.15) is 0 Å². The van der Waals surface area contributed by atoms with Gasteiger partial charge in [0.05, 0.1) is 17.8 Å². The summed E-state index contributed by atoms with van der Waals surface area (Å²) in [5.41, 5.74) is 0.357. The summed E-state index contributed by atoms with van der Waals surface area (Å²) in [6, 6.07) is 0. The second-order valence-electron chi connectivity index (χ2n) is 9.50. The smallest absolute Gasteiger partial charge is 0.0745 e. The van der Waals surface area contributed by atoms with Crippen LogP contribution in [0.3, 0.4) is 0 Å². The molecule has 3 N–H and O–H groups in total. The average molecular weight is 322 g/mol. The van der Waals surface area contributed by atoms with Gasteiger partial charge in [0.2, 0.25) is 0 Å². The van der Waals surface area contributed by atoms with Crippen molar-refractivity contribution in [2.45, 2.75) is 89.9 Å². The predicted octanol–water partition coefficient (Wildman–Crippen LogP) is 3.42. The molecule has 3 saturated carbocycles. The molecule has 3 aliphatic rings. The monoisotopic (exact) mass is 322 g/mol. The van der Waals surface area contributed by atoms with E-state index < -0.39 is 11.7 Å². The molecule has 3 fully saturated rings.